The Bertz CT molecular complexity index is 2950. The number of hydrogen-bond donors (Lipinski definition) is 1. The van der Waals surface area contributed by atoms with E-state index in [0.717, 1.165) is 22.1 Å². The number of para-hydroxylation sites is 4. The van der Waals surface area contributed by atoms with E-state index in [-0.39, 0.29) is 68.5 Å². The molecule has 10 rings (SSSR count). The highest BCUT2D eigenvalue weighted by Crippen LogP contribution is 2.61. The van der Waals surface area contributed by atoms with E-state index in [1.807, 2.05) is 133 Å². The van der Waals surface area contributed by atoms with Crippen molar-refractivity contribution in [2.45, 2.75) is 56.8 Å². The number of carbonyl (C=O) groups excluding carboxylic acids is 4. The number of ether oxygens (including phenoxy) is 4. The second-order valence-corrected chi connectivity index (χ2v) is 23.3. The van der Waals surface area contributed by atoms with Gasteiger partial charge in [0.15, 0.2) is 18.8 Å². The molecule has 4 aliphatic heterocycles. The maximum atomic E-state index is 16.0. The van der Waals surface area contributed by atoms with Crippen LogP contribution in [0.1, 0.15) is 30.0 Å². The van der Waals surface area contributed by atoms with E-state index in [1.54, 1.807) is 26.7 Å². The number of carbonyl (C=O) groups is 4. The molecule has 13 nitrogen and oxygen atoms in total. The molecule has 0 aliphatic carbocycles. The molecule has 1 spiro atoms. The predicted octanol–water partition coefficient (Wildman–Crippen LogP) is 7.98. The van der Waals surface area contributed by atoms with E-state index in [0.29, 0.717) is 52.0 Å². The van der Waals surface area contributed by atoms with Gasteiger partial charge in [-0.05, 0) is 83.4 Å². The first-order valence-electron chi connectivity index (χ1n) is 23.3. The summed E-state index contributed by atoms with van der Waals surface area (Å²) in [5, 5.41) is 11.3. The largest absolute Gasteiger partial charge is 0.497 e. The molecule has 6 aromatic rings. The fourth-order valence-electron chi connectivity index (χ4n) is 11.1. The summed E-state index contributed by atoms with van der Waals surface area (Å²) in [5.74, 6) is 0.427. The lowest BCUT2D eigenvalue weighted by atomic mass is 9.82. The third-order valence-electron chi connectivity index (χ3n) is 14.3. The second-order valence-electron chi connectivity index (χ2n) is 18.6. The lowest BCUT2D eigenvalue weighted by Crippen LogP contribution is -2.52. The summed E-state index contributed by atoms with van der Waals surface area (Å²) >= 11 is 0. The molecule has 1 fully saturated rings. The van der Waals surface area contributed by atoms with Gasteiger partial charge in [0.25, 0.3) is 17.7 Å². The molecular formula is C55H54N4O9Si. The lowest BCUT2D eigenvalue weighted by molar-refractivity contribution is -0.150. The first kappa shape index (κ1) is 45.5. The quantitative estimate of drug-likeness (QED) is 0.114. The zero-order valence-electron chi connectivity index (χ0n) is 39.0. The summed E-state index contributed by atoms with van der Waals surface area (Å²) in [6, 6.07) is 45.7. The summed E-state index contributed by atoms with van der Waals surface area (Å²) in [7, 11) is -1.08. The molecule has 0 saturated carbocycles. The standard InChI is InChI=1S/C55H54N4O9Si/c1-36-53(69(3,4)42-24-22-41(65-2)23-25-42)49(31-50(61)56(27-28-60)32-37-13-6-5-7-14-37)68-55(36)43-30-40(59-46-18-9-11-20-48(46)67-35-52(59)63)21-26-44(43)57(54(55)64)33-38-15-12-16-39(29-38)58-45-17-8-10-19-47(45)66-34-51(58)62/h5-26,29-30,36,49,53,60H,27-28,31-35H2,1-4H3/t36-,49+,53-,55+/m0/s1. The number of benzene rings is 6. The minimum atomic E-state index is -2.71. The maximum absolute atomic E-state index is 16.0. The fraction of sp³-hybridized carbons (Fsp3) is 0.273. The van der Waals surface area contributed by atoms with Gasteiger partial charge in [-0.2, -0.15) is 0 Å². The predicted molar refractivity (Wildman–Crippen MR) is 265 cm³/mol. The van der Waals surface area contributed by atoms with Gasteiger partial charge in [-0.1, -0.05) is 104 Å². The molecule has 1 saturated heterocycles. The van der Waals surface area contributed by atoms with Gasteiger partial charge in [0.1, 0.15) is 17.2 Å². The average Bonchev–Trinajstić information content (AvgIpc) is 3.79. The Balaban J connectivity index is 1.09. The normalized spacial score (nSPS) is 20.6. The number of nitrogens with zero attached hydrogens (tertiary/aromatic N) is 4. The zero-order valence-corrected chi connectivity index (χ0v) is 40.0. The number of aliphatic hydroxyl groups is 1. The van der Waals surface area contributed by atoms with E-state index in [1.165, 1.54) is 0 Å². The minimum absolute atomic E-state index is 0.0368. The summed E-state index contributed by atoms with van der Waals surface area (Å²) in [5.41, 5.74) is 3.41. The highest BCUT2D eigenvalue weighted by molar-refractivity contribution is 6.91. The van der Waals surface area contributed by atoms with Crippen LogP contribution in [0, 0.1) is 5.92 Å². The lowest BCUT2D eigenvalue weighted by Gasteiger charge is -2.37. The van der Waals surface area contributed by atoms with Crippen molar-refractivity contribution >= 4 is 65.3 Å². The van der Waals surface area contributed by atoms with Crippen molar-refractivity contribution in [3.63, 3.8) is 0 Å². The van der Waals surface area contributed by atoms with Crippen molar-refractivity contribution in [3.8, 4) is 17.2 Å². The van der Waals surface area contributed by atoms with Crippen molar-refractivity contribution < 1.29 is 43.2 Å². The molecule has 14 heteroatoms. The molecule has 0 bridgehead atoms. The van der Waals surface area contributed by atoms with Crippen LogP contribution in [-0.4, -0.2) is 81.3 Å². The summed E-state index contributed by atoms with van der Waals surface area (Å²) < 4.78 is 24.6. The first-order chi connectivity index (χ1) is 33.4. The first-order valence-corrected chi connectivity index (χ1v) is 26.4. The molecule has 0 unspecified atom stereocenters. The van der Waals surface area contributed by atoms with Crippen LogP contribution in [0.25, 0.3) is 0 Å². The van der Waals surface area contributed by atoms with Gasteiger partial charge in [0.2, 0.25) is 5.91 Å². The Labute approximate surface area is 402 Å². The number of amides is 4. The molecule has 69 heavy (non-hydrogen) atoms. The topological polar surface area (TPSA) is 138 Å². The van der Waals surface area contributed by atoms with Crippen LogP contribution in [0.4, 0.5) is 28.4 Å². The zero-order chi connectivity index (χ0) is 48.0. The minimum Gasteiger partial charge on any atom is -0.497 e. The van der Waals surface area contributed by atoms with Gasteiger partial charge in [0, 0.05) is 35.9 Å². The third-order valence-corrected chi connectivity index (χ3v) is 18.7. The molecule has 4 heterocycles. The highest BCUT2D eigenvalue weighted by atomic mass is 28.3. The highest BCUT2D eigenvalue weighted by Gasteiger charge is 2.66. The molecule has 352 valence electrons. The van der Waals surface area contributed by atoms with E-state index in [4.69, 9.17) is 18.9 Å². The van der Waals surface area contributed by atoms with Crippen LogP contribution in [0.2, 0.25) is 18.6 Å². The van der Waals surface area contributed by atoms with Crippen molar-refractivity contribution in [3.05, 3.63) is 162 Å². The van der Waals surface area contributed by atoms with Gasteiger partial charge >= 0.3 is 0 Å². The summed E-state index contributed by atoms with van der Waals surface area (Å²) in [6.07, 6.45) is -0.764. The Hall–Kier alpha value is -7.26. The number of anilines is 5. The van der Waals surface area contributed by atoms with Crippen LogP contribution >= 0.6 is 0 Å². The molecule has 0 radical (unpaired) electrons. The third kappa shape index (κ3) is 8.01. The Morgan fingerprint density at radius 3 is 1.99 bits per heavy atom. The van der Waals surface area contributed by atoms with Crippen molar-refractivity contribution in [2.24, 2.45) is 5.92 Å². The fourth-order valence-corrected chi connectivity index (χ4v) is 15.1. The van der Waals surface area contributed by atoms with Crippen LogP contribution in [-0.2, 0) is 42.6 Å². The average molecular weight is 943 g/mol. The molecule has 0 aromatic heterocycles. The Kier molecular flexibility index (Phi) is 12.1. The van der Waals surface area contributed by atoms with E-state index < -0.39 is 25.7 Å². The molecule has 4 amide bonds. The summed E-state index contributed by atoms with van der Waals surface area (Å²) in [4.78, 5) is 64.8. The summed E-state index contributed by atoms with van der Waals surface area (Å²) in [6.45, 7) is 6.65. The van der Waals surface area contributed by atoms with Gasteiger partial charge in [-0.15, -0.1) is 0 Å². The van der Waals surface area contributed by atoms with Crippen molar-refractivity contribution in [1.82, 2.24) is 4.90 Å². The smallest absolute Gasteiger partial charge is 0.269 e. The molecule has 4 atom stereocenters. The SMILES string of the molecule is COc1ccc([Si](C)(C)[C@@H]2[C@@H](CC(=O)N(CCO)Cc3ccccc3)O[C@]3(C(=O)N(Cc4cccc(N5C(=O)COc6ccccc65)c4)c4ccc(N5C(=O)COc6ccccc65)cc43)[C@H]2C)cc1. The van der Waals surface area contributed by atoms with E-state index in [9.17, 15) is 19.5 Å². The molecule has 4 aliphatic rings. The molecule has 1 N–H and O–H groups in total. The van der Waals surface area contributed by atoms with E-state index >= 15 is 4.79 Å². The number of hydrogen-bond acceptors (Lipinski definition) is 9. The Morgan fingerprint density at radius 1 is 0.739 bits per heavy atom. The monoisotopic (exact) mass is 942 g/mol. The number of methoxy groups -OCH3 is 1. The van der Waals surface area contributed by atoms with Crippen LogP contribution in [0.5, 0.6) is 17.2 Å². The molecule has 6 aromatic carbocycles. The Morgan fingerprint density at radius 2 is 1.35 bits per heavy atom. The van der Waals surface area contributed by atoms with Crippen LogP contribution in [0.15, 0.2) is 146 Å². The molecular weight excluding hydrogens is 889 g/mol. The van der Waals surface area contributed by atoms with E-state index in [2.05, 4.69) is 32.2 Å². The van der Waals surface area contributed by atoms with Crippen LogP contribution < -0.4 is 34.1 Å². The maximum Gasteiger partial charge on any atom is 0.269 e. The van der Waals surface area contributed by atoms with Crippen molar-refractivity contribution in [2.75, 3.05) is 48.2 Å². The number of aliphatic hydroxyl groups excluding tert-OH is 1. The number of fused-ring (bicyclic) bond motifs is 4. The van der Waals surface area contributed by atoms with Gasteiger partial charge in [0.05, 0.1) is 57.9 Å². The van der Waals surface area contributed by atoms with Crippen molar-refractivity contribution in [1.29, 1.82) is 0 Å². The van der Waals surface area contributed by atoms with Gasteiger partial charge in [-0.3, -0.25) is 29.0 Å². The number of rotatable bonds is 13. The second kappa shape index (κ2) is 18.3. The van der Waals surface area contributed by atoms with Gasteiger partial charge in [-0.25, -0.2) is 0 Å². The van der Waals surface area contributed by atoms with Gasteiger partial charge < -0.3 is 33.9 Å². The van der Waals surface area contributed by atoms with Crippen LogP contribution in [0.3, 0.4) is 0 Å².